The zero-order valence-electron chi connectivity index (χ0n) is 17.3. The summed E-state index contributed by atoms with van der Waals surface area (Å²) in [6.45, 7) is 7.12. The van der Waals surface area contributed by atoms with Crippen LogP contribution in [-0.2, 0) is 19.4 Å². The monoisotopic (exact) mass is 498 g/mol. The van der Waals surface area contributed by atoms with Gasteiger partial charge >= 0.3 is 0 Å². The van der Waals surface area contributed by atoms with Crippen LogP contribution in [0.2, 0.25) is 0 Å². The van der Waals surface area contributed by atoms with Crippen molar-refractivity contribution in [3.05, 3.63) is 86.0 Å². The molecule has 0 bridgehead atoms. The Labute approximate surface area is 187 Å². The van der Waals surface area contributed by atoms with Gasteiger partial charge in [-0.25, -0.2) is 0 Å². The summed E-state index contributed by atoms with van der Waals surface area (Å²) in [5.41, 5.74) is 6.43. The fourth-order valence-electron chi connectivity index (χ4n) is 4.01. The maximum atomic E-state index is 6.46. The first-order chi connectivity index (χ1) is 14.0. The van der Waals surface area contributed by atoms with Crippen LogP contribution in [0, 0.1) is 10.5 Å². The number of benzene rings is 3. The van der Waals surface area contributed by atoms with E-state index in [1.807, 2.05) is 24.3 Å². The Hall–Kier alpha value is -2.01. The van der Waals surface area contributed by atoms with Crippen molar-refractivity contribution in [3.63, 3.8) is 0 Å². The van der Waals surface area contributed by atoms with E-state index in [1.54, 1.807) is 0 Å². The summed E-state index contributed by atoms with van der Waals surface area (Å²) in [6.07, 6.45) is 3.49. The molecule has 0 radical (unpaired) electrons. The van der Waals surface area contributed by atoms with Crippen LogP contribution in [0.4, 0.5) is 0 Å². The van der Waals surface area contributed by atoms with Crippen LogP contribution in [0.3, 0.4) is 0 Å². The van der Waals surface area contributed by atoms with Gasteiger partial charge in [0.2, 0.25) is 0 Å². The van der Waals surface area contributed by atoms with Crippen molar-refractivity contribution in [2.75, 3.05) is 0 Å². The van der Waals surface area contributed by atoms with Crippen LogP contribution in [0.15, 0.2) is 54.6 Å². The summed E-state index contributed by atoms with van der Waals surface area (Å²) in [5, 5.41) is 0. The first kappa shape index (κ1) is 20.3. The molecule has 0 N–H and O–H groups in total. The maximum absolute atomic E-state index is 6.46. The lowest BCUT2D eigenvalue weighted by molar-refractivity contribution is 0.301. The van der Waals surface area contributed by atoms with E-state index in [0.29, 0.717) is 12.5 Å². The second kappa shape index (κ2) is 8.78. The molecule has 150 valence electrons. The minimum absolute atomic E-state index is 0.354. The van der Waals surface area contributed by atoms with Crippen LogP contribution in [0.5, 0.6) is 17.2 Å². The molecule has 0 amide bonds. The Morgan fingerprint density at radius 1 is 0.966 bits per heavy atom. The van der Waals surface area contributed by atoms with E-state index in [1.165, 1.54) is 37.8 Å². The SMILES string of the molecule is Cc1cc(I)c2c(c1Oc1ccc(OCc3ccccc3)c(C(C)C)c1)CCC2. The molecule has 0 fully saturated rings. The van der Waals surface area contributed by atoms with Gasteiger partial charge in [0.05, 0.1) is 0 Å². The van der Waals surface area contributed by atoms with Gasteiger partial charge in [0.1, 0.15) is 23.9 Å². The Morgan fingerprint density at radius 2 is 1.72 bits per heavy atom. The number of ether oxygens (including phenoxy) is 2. The van der Waals surface area contributed by atoms with Gasteiger partial charge < -0.3 is 9.47 Å². The summed E-state index contributed by atoms with van der Waals surface area (Å²) in [7, 11) is 0. The van der Waals surface area contributed by atoms with Crippen molar-refractivity contribution in [3.8, 4) is 17.2 Å². The summed E-state index contributed by atoms with van der Waals surface area (Å²) in [6, 6.07) is 18.8. The first-order valence-electron chi connectivity index (χ1n) is 10.3. The van der Waals surface area contributed by atoms with Gasteiger partial charge in [0.25, 0.3) is 0 Å². The third-order valence-corrected chi connectivity index (χ3v) is 6.50. The third kappa shape index (κ3) is 4.45. The fraction of sp³-hybridized carbons (Fsp3) is 0.308. The topological polar surface area (TPSA) is 18.5 Å². The lowest BCUT2D eigenvalue weighted by atomic mass is 10.0. The Morgan fingerprint density at radius 3 is 2.48 bits per heavy atom. The predicted molar refractivity (Wildman–Crippen MR) is 127 cm³/mol. The molecule has 29 heavy (non-hydrogen) atoms. The minimum atomic E-state index is 0.354. The normalized spacial score (nSPS) is 12.9. The van der Waals surface area contributed by atoms with Crippen LogP contribution < -0.4 is 9.47 Å². The number of fused-ring (bicyclic) bond motifs is 1. The highest BCUT2D eigenvalue weighted by Gasteiger charge is 2.21. The molecule has 0 atom stereocenters. The molecule has 3 aromatic carbocycles. The van der Waals surface area contributed by atoms with Crippen molar-refractivity contribution in [2.45, 2.75) is 52.6 Å². The summed E-state index contributed by atoms with van der Waals surface area (Å²) in [5.74, 6) is 3.22. The highest BCUT2D eigenvalue weighted by molar-refractivity contribution is 14.1. The second-order valence-corrected chi connectivity index (χ2v) is 9.21. The zero-order chi connectivity index (χ0) is 20.4. The van der Waals surface area contributed by atoms with E-state index in [0.717, 1.165) is 30.1 Å². The average molecular weight is 498 g/mol. The van der Waals surface area contributed by atoms with Crippen molar-refractivity contribution >= 4 is 22.6 Å². The average Bonchev–Trinajstić information content (AvgIpc) is 3.21. The van der Waals surface area contributed by atoms with Gasteiger partial charge in [0, 0.05) is 9.13 Å². The number of rotatable bonds is 6. The minimum Gasteiger partial charge on any atom is -0.489 e. The van der Waals surface area contributed by atoms with E-state index in [2.05, 4.69) is 73.7 Å². The van der Waals surface area contributed by atoms with Gasteiger partial charge in [-0.3, -0.25) is 0 Å². The molecular formula is C26H27IO2. The van der Waals surface area contributed by atoms with E-state index in [4.69, 9.17) is 9.47 Å². The molecule has 0 saturated heterocycles. The van der Waals surface area contributed by atoms with E-state index >= 15 is 0 Å². The number of hydrogen-bond acceptors (Lipinski definition) is 2. The van der Waals surface area contributed by atoms with Crippen molar-refractivity contribution in [1.29, 1.82) is 0 Å². The first-order valence-corrected chi connectivity index (χ1v) is 11.4. The largest absolute Gasteiger partial charge is 0.489 e. The van der Waals surface area contributed by atoms with Gasteiger partial charge in [-0.2, -0.15) is 0 Å². The molecule has 0 saturated carbocycles. The number of halogens is 1. The van der Waals surface area contributed by atoms with Crippen LogP contribution in [-0.4, -0.2) is 0 Å². The van der Waals surface area contributed by atoms with Crippen LogP contribution >= 0.6 is 22.6 Å². The molecule has 0 aliphatic heterocycles. The standard InChI is InChI=1S/C26H27IO2/c1-17(2)23-15-20(12-13-25(23)28-16-19-8-5-4-6-9-19)29-26-18(3)14-24(27)21-10-7-11-22(21)26/h4-6,8-9,12-15,17H,7,10-11,16H2,1-3H3. The van der Waals surface area contributed by atoms with Crippen molar-refractivity contribution in [2.24, 2.45) is 0 Å². The van der Waals surface area contributed by atoms with Crippen molar-refractivity contribution < 1.29 is 9.47 Å². The van der Waals surface area contributed by atoms with Gasteiger partial charge in [-0.05, 0) is 101 Å². The van der Waals surface area contributed by atoms with E-state index < -0.39 is 0 Å². The molecule has 1 aliphatic carbocycles. The molecule has 0 heterocycles. The van der Waals surface area contributed by atoms with Crippen LogP contribution in [0.25, 0.3) is 0 Å². The molecule has 3 aromatic rings. The molecule has 2 nitrogen and oxygen atoms in total. The molecular weight excluding hydrogens is 471 g/mol. The van der Waals surface area contributed by atoms with Crippen molar-refractivity contribution in [1.82, 2.24) is 0 Å². The molecule has 0 aromatic heterocycles. The lowest BCUT2D eigenvalue weighted by Gasteiger charge is -2.18. The van der Waals surface area contributed by atoms with Gasteiger partial charge in [0.15, 0.2) is 0 Å². The second-order valence-electron chi connectivity index (χ2n) is 8.05. The summed E-state index contributed by atoms with van der Waals surface area (Å²) < 4.78 is 14.0. The van der Waals surface area contributed by atoms with E-state index in [-0.39, 0.29) is 0 Å². The molecule has 3 heteroatoms. The molecule has 4 rings (SSSR count). The Kier molecular flexibility index (Phi) is 6.14. The van der Waals surface area contributed by atoms with Crippen LogP contribution in [0.1, 0.15) is 54.0 Å². The molecule has 0 spiro atoms. The quantitative estimate of drug-likeness (QED) is 0.326. The third-order valence-electron chi connectivity index (χ3n) is 5.54. The maximum Gasteiger partial charge on any atom is 0.133 e. The number of hydrogen-bond donors (Lipinski definition) is 0. The van der Waals surface area contributed by atoms with E-state index in [9.17, 15) is 0 Å². The summed E-state index contributed by atoms with van der Waals surface area (Å²) >= 11 is 2.46. The number of aryl methyl sites for hydroxylation is 1. The smallest absolute Gasteiger partial charge is 0.133 e. The van der Waals surface area contributed by atoms with Gasteiger partial charge in [-0.15, -0.1) is 0 Å². The lowest BCUT2D eigenvalue weighted by Crippen LogP contribution is -2.01. The molecule has 0 unspecified atom stereocenters. The fourth-order valence-corrected chi connectivity index (χ4v) is 5.07. The highest BCUT2D eigenvalue weighted by Crippen LogP contribution is 2.40. The molecule has 1 aliphatic rings. The zero-order valence-corrected chi connectivity index (χ0v) is 19.5. The Balaban J connectivity index is 1.60. The summed E-state index contributed by atoms with van der Waals surface area (Å²) in [4.78, 5) is 0. The predicted octanol–water partition coefficient (Wildman–Crippen LogP) is 7.58. The van der Waals surface area contributed by atoms with Gasteiger partial charge in [-0.1, -0.05) is 44.2 Å². The highest BCUT2D eigenvalue weighted by atomic mass is 127. The Bertz CT molecular complexity index is 1010.